The summed E-state index contributed by atoms with van der Waals surface area (Å²) in [6.07, 6.45) is 1.65. The molecule has 336 valence electrons. The van der Waals surface area contributed by atoms with E-state index in [0.29, 0.717) is 55.3 Å². The average Bonchev–Trinajstić information content (AvgIpc) is 3.87. The van der Waals surface area contributed by atoms with Crippen molar-refractivity contribution in [3.8, 4) is 10.8 Å². The number of hydrogen-bond donors (Lipinski definition) is 2. The van der Waals surface area contributed by atoms with Crippen LogP contribution in [0.25, 0.3) is 5.00 Å². The fraction of sp³-hybridized carbons (Fsp3) is 0.326. The van der Waals surface area contributed by atoms with Gasteiger partial charge in [0.05, 0.1) is 68.6 Å². The number of anilines is 1. The Labute approximate surface area is 382 Å². The molecule has 2 atom stereocenters. The molecule has 0 aliphatic carbocycles. The minimum atomic E-state index is -1.05. The van der Waals surface area contributed by atoms with Gasteiger partial charge >= 0.3 is 0 Å². The van der Waals surface area contributed by atoms with E-state index in [2.05, 4.69) is 39.7 Å². The second-order valence-electron chi connectivity index (χ2n) is 15.3. The number of benzene rings is 3. The molecule has 1 saturated heterocycles. The molecule has 3 aliphatic heterocycles. The van der Waals surface area contributed by atoms with Gasteiger partial charge in [-0.3, -0.25) is 48.7 Å². The second kappa shape index (κ2) is 20.2. The van der Waals surface area contributed by atoms with Crippen molar-refractivity contribution in [2.24, 2.45) is 9.98 Å². The lowest BCUT2D eigenvalue weighted by Gasteiger charge is -2.27. The first-order chi connectivity index (χ1) is 31.5. The Morgan fingerprint density at radius 1 is 0.892 bits per heavy atom. The van der Waals surface area contributed by atoms with Crippen molar-refractivity contribution in [1.29, 1.82) is 0 Å². The molecule has 1 fully saturated rings. The zero-order valence-corrected chi connectivity index (χ0v) is 37.4. The van der Waals surface area contributed by atoms with Crippen LogP contribution in [0.3, 0.4) is 0 Å². The van der Waals surface area contributed by atoms with E-state index < -0.39 is 35.7 Å². The summed E-state index contributed by atoms with van der Waals surface area (Å²) in [5.41, 5.74) is 4.96. The Bertz CT molecular complexity index is 2700. The van der Waals surface area contributed by atoms with Gasteiger partial charge in [0, 0.05) is 39.3 Å². The molecule has 0 saturated carbocycles. The summed E-state index contributed by atoms with van der Waals surface area (Å²) in [6.45, 7) is 8.18. The number of aryl methyl sites for hydroxylation is 2. The van der Waals surface area contributed by atoms with Gasteiger partial charge in [-0.1, -0.05) is 29.8 Å². The highest BCUT2D eigenvalue weighted by Crippen LogP contribution is 2.40. The number of piperidine rings is 1. The van der Waals surface area contributed by atoms with E-state index >= 15 is 0 Å². The SMILES string of the molecule is Cc1sc2c(c1C)C(c1ccc(Cl)cc1)=N[C@@H](CC(=O)Nc1ccc(OCCOCCOCCOCC=Nc3cccc4c3C(=O)N(C3CCC(=O)NC3=O)C4=O)cc1)c1nnc(C)n1-2. The predicted molar refractivity (Wildman–Crippen MR) is 242 cm³/mol. The Morgan fingerprint density at radius 2 is 1.62 bits per heavy atom. The van der Waals surface area contributed by atoms with Crippen LogP contribution >= 0.6 is 22.9 Å². The maximum Gasteiger partial charge on any atom is 0.264 e. The van der Waals surface area contributed by atoms with Crippen LogP contribution in [-0.2, 0) is 28.6 Å². The third kappa shape index (κ3) is 9.96. The molecule has 65 heavy (non-hydrogen) atoms. The van der Waals surface area contributed by atoms with Crippen LogP contribution in [0.5, 0.6) is 5.75 Å². The van der Waals surface area contributed by atoms with Crippen LogP contribution in [0.4, 0.5) is 11.4 Å². The van der Waals surface area contributed by atoms with Crippen LogP contribution in [0.15, 0.2) is 76.7 Å². The van der Waals surface area contributed by atoms with Gasteiger partial charge in [-0.2, -0.15) is 0 Å². The zero-order chi connectivity index (χ0) is 45.6. The third-order valence-corrected chi connectivity index (χ3v) is 12.4. The molecule has 5 aromatic rings. The maximum atomic E-state index is 13.5. The highest BCUT2D eigenvalue weighted by Gasteiger charge is 2.45. The number of ether oxygens (including phenoxy) is 4. The normalized spacial score (nSPS) is 16.9. The van der Waals surface area contributed by atoms with Crippen molar-refractivity contribution < 1.29 is 42.9 Å². The molecule has 5 amide bonds. The second-order valence-corrected chi connectivity index (χ2v) is 16.9. The van der Waals surface area contributed by atoms with Crippen molar-refractivity contribution >= 4 is 75.8 Å². The quantitative estimate of drug-likeness (QED) is 0.0587. The van der Waals surface area contributed by atoms with Crippen LogP contribution in [0, 0.1) is 20.8 Å². The summed E-state index contributed by atoms with van der Waals surface area (Å²) in [5, 5.41) is 15.6. The van der Waals surface area contributed by atoms with Gasteiger partial charge in [-0.25, -0.2) is 0 Å². The van der Waals surface area contributed by atoms with Crippen molar-refractivity contribution in [2.75, 3.05) is 51.6 Å². The predicted octanol–water partition coefficient (Wildman–Crippen LogP) is 6.06. The summed E-state index contributed by atoms with van der Waals surface area (Å²) < 4.78 is 24.6. The Balaban J connectivity index is 0.728. The lowest BCUT2D eigenvalue weighted by molar-refractivity contribution is -0.136. The lowest BCUT2D eigenvalue weighted by atomic mass is 9.99. The summed E-state index contributed by atoms with van der Waals surface area (Å²) in [7, 11) is 0. The molecule has 2 aromatic heterocycles. The fourth-order valence-electron chi connectivity index (χ4n) is 7.69. The summed E-state index contributed by atoms with van der Waals surface area (Å²) in [5.74, 6) is -0.603. The van der Waals surface area contributed by atoms with E-state index in [1.807, 2.05) is 35.8 Å². The van der Waals surface area contributed by atoms with E-state index in [1.54, 1.807) is 47.7 Å². The molecule has 3 aromatic carbocycles. The smallest absolute Gasteiger partial charge is 0.264 e. The minimum absolute atomic E-state index is 0.0407. The molecule has 0 radical (unpaired) electrons. The molecule has 3 aliphatic rings. The number of amides is 5. The molecular weight excluding hydrogens is 876 g/mol. The average molecular weight is 921 g/mol. The van der Waals surface area contributed by atoms with Crippen LogP contribution < -0.4 is 15.4 Å². The van der Waals surface area contributed by atoms with Crippen LogP contribution in [-0.4, -0.2) is 113 Å². The number of thiophene rings is 1. The molecule has 19 heteroatoms. The minimum Gasteiger partial charge on any atom is -0.491 e. The van der Waals surface area contributed by atoms with Crippen molar-refractivity contribution in [2.45, 2.75) is 52.1 Å². The Morgan fingerprint density at radius 3 is 2.35 bits per heavy atom. The molecule has 8 rings (SSSR count). The molecule has 17 nitrogen and oxygen atoms in total. The summed E-state index contributed by atoms with van der Waals surface area (Å²) in [6, 6.07) is 17.8. The first-order valence-corrected chi connectivity index (χ1v) is 22.2. The largest absolute Gasteiger partial charge is 0.491 e. The molecule has 0 spiro atoms. The number of carbonyl (C=O) groups is 5. The van der Waals surface area contributed by atoms with E-state index in [0.717, 1.165) is 38.1 Å². The van der Waals surface area contributed by atoms with Gasteiger partial charge in [-0.05, 0) is 81.3 Å². The van der Waals surface area contributed by atoms with Gasteiger partial charge in [0.15, 0.2) is 5.82 Å². The van der Waals surface area contributed by atoms with E-state index in [4.69, 9.17) is 35.5 Å². The topological polar surface area (TPSA) is 205 Å². The Hall–Kier alpha value is -6.44. The van der Waals surface area contributed by atoms with Gasteiger partial charge in [0.1, 0.15) is 35.3 Å². The molecule has 1 unspecified atom stereocenters. The van der Waals surface area contributed by atoms with Crippen molar-refractivity contribution in [3.63, 3.8) is 0 Å². The fourth-order valence-corrected chi connectivity index (χ4v) is 9.03. The van der Waals surface area contributed by atoms with Gasteiger partial charge in [0.25, 0.3) is 11.8 Å². The number of nitrogens with zero attached hydrogens (tertiary/aromatic N) is 6. The molecule has 5 heterocycles. The van der Waals surface area contributed by atoms with Crippen molar-refractivity contribution in [1.82, 2.24) is 25.0 Å². The van der Waals surface area contributed by atoms with E-state index in [-0.39, 0.29) is 55.2 Å². The number of nitrogens with one attached hydrogen (secondary N) is 2. The monoisotopic (exact) mass is 920 g/mol. The number of fused-ring (bicyclic) bond motifs is 4. The lowest BCUT2D eigenvalue weighted by Crippen LogP contribution is -2.54. The highest BCUT2D eigenvalue weighted by molar-refractivity contribution is 7.15. The standard InChI is InChI=1S/C46H45ClN8O9S/c1-26-27(2)65-46-39(26)41(29-7-9-30(47)10-8-29)50-35(42-53-52-28(3)54(42)46)25-38(57)49-31-11-13-32(14-12-31)64-24-23-63-22-21-62-20-19-61-18-17-48-34-6-4-5-33-40(34)45(60)55(44(33)59)36-15-16-37(56)51-43(36)58/h4-14,17,35-36H,15-16,18-25H2,1-3H3,(H,49,57)(H,51,56,58)/t35-,36?/m0/s1. The van der Waals surface area contributed by atoms with Crippen molar-refractivity contribution in [3.05, 3.63) is 116 Å². The van der Waals surface area contributed by atoms with Gasteiger partial charge < -0.3 is 24.3 Å². The van der Waals surface area contributed by atoms with Crippen LogP contribution in [0.2, 0.25) is 5.02 Å². The zero-order valence-electron chi connectivity index (χ0n) is 35.8. The third-order valence-electron chi connectivity index (χ3n) is 11.0. The number of hydrogen-bond acceptors (Lipinski definition) is 14. The number of imide groups is 2. The van der Waals surface area contributed by atoms with Gasteiger partial charge in [0.2, 0.25) is 17.7 Å². The number of carbonyl (C=O) groups excluding carboxylic acids is 5. The number of aromatic nitrogens is 3. The van der Waals surface area contributed by atoms with E-state index in [9.17, 15) is 24.0 Å². The molecule has 0 bridgehead atoms. The Kier molecular flexibility index (Phi) is 14.0. The molecular formula is C46H45ClN8O9S. The van der Waals surface area contributed by atoms with Gasteiger partial charge in [-0.15, -0.1) is 21.5 Å². The number of rotatable bonds is 18. The van der Waals surface area contributed by atoms with Crippen LogP contribution in [0.1, 0.15) is 79.2 Å². The number of aliphatic imine (C=N–C) groups is 2. The first kappa shape index (κ1) is 45.1. The summed E-state index contributed by atoms with van der Waals surface area (Å²) in [4.78, 5) is 75.2. The first-order valence-electron chi connectivity index (χ1n) is 21.0. The number of halogens is 1. The van der Waals surface area contributed by atoms with E-state index in [1.165, 1.54) is 17.2 Å². The molecule has 2 N–H and O–H groups in total. The highest BCUT2D eigenvalue weighted by atomic mass is 35.5. The maximum absolute atomic E-state index is 13.5. The summed E-state index contributed by atoms with van der Waals surface area (Å²) >= 11 is 7.89.